The maximum absolute atomic E-state index is 12.2. The zero-order valence-corrected chi connectivity index (χ0v) is 13.4. The highest BCUT2D eigenvalue weighted by molar-refractivity contribution is 9.10. The van der Waals surface area contributed by atoms with Crippen LogP contribution in [0.1, 0.15) is 16.7 Å². The van der Waals surface area contributed by atoms with Crippen molar-refractivity contribution in [2.75, 3.05) is 0 Å². The van der Waals surface area contributed by atoms with Crippen molar-refractivity contribution in [3.05, 3.63) is 44.6 Å². The fraction of sp³-hybridized carbons (Fsp3) is 0.286. The van der Waals surface area contributed by atoms with Crippen molar-refractivity contribution in [1.82, 2.24) is 0 Å². The number of thiophene rings is 1. The second-order valence-corrected chi connectivity index (χ2v) is 6.26. The van der Waals surface area contributed by atoms with Crippen LogP contribution in [-0.4, -0.2) is 6.36 Å². The molecule has 114 valence electrons. The van der Waals surface area contributed by atoms with E-state index in [0.717, 1.165) is 11.3 Å². The van der Waals surface area contributed by atoms with Crippen LogP contribution in [0.5, 0.6) is 11.5 Å². The molecule has 1 aromatic heterocycles. The van der Waals surface area contributed by atoms with E-state index in [9.17, 15) is 13.2 Å². The van der Waals surface area contributed by atoms with E-state index in [0.29, 0.717) is 12.4 Å². The van der Waals surface area contributed by atoms with E-state index in [4.69, 9.17) is 4.74 Å². The number of ether oxygens (including phenoxy) is 2. The number of hydrogen-bond acceptors (Lipinski definition) is 3. The second-order valence-electron chi connectivity index (χ2n) is 4.15. The molecule has 1 heterocycles. The van der Waals surface area contributed by atoms with Crippen LogP contribution in [0.4, 0.5) is 13.2 Å². The van der Waals surface area contributed by atoms with Crippen LogP contribution in [0.25, 0.3) is 0 Å². The molecule has 0 spiro atoms. The molecule has 0 aliphatic carbocycles. The minimum atomic E-state index is -4.71. The van der Waals surface area contributed by atoms with Crippen LogP contribution in [0.15, 0.2) is 34.8 Å². The minimum Gasteiger partial charge on any atom is -0.488 e. The lowest BCUT2D eigenvalue weighted by Crippen LogP contribution is -2.17. The molecular weight excluding hydrogens is 369 g/mol. The van der Waals surface area contributed by atoms with Gasteiger partial charge in [0.2, 0.25) is 0 Å². The molecule has 0 fully saturated rings. The van der Waals surface area contributed by atoms with Crippen LogP contribution in [0.3, 0.4) is 0 Å². The first-order chi connectivity index (χ1) is 9.87. The summed E-state index contributed by atoms with van der Waals surface area (Å²) in [7, 11) is 0. The van der Waals surface area contributed by atoms with E-state index in [1.807, 2.05) is 12.1 Å². The van der Waals surface area contributed by atoms with Gasteiger partial charge in [0.05, 0.1) is 4.47 Å². The summed E-state index contributed by atoms with van der Waals surface area (Å²) in [6.45, 7) is 2.46. The van der Waals surface area contributed by atoms with Crippen molar-refractivity contribution in [2.24, 2.45) is 0 Å². The first-order valence-corrected chi connectivity index (χ1v) is 7.74. The highest BCUT2D eigenvalue weighted by Gasteiger charge is 2.31. The molecule has 0 atom stereocenters. The summed E-state index contributed by atoms with van der Waals surface area (Å²) in [5, 5.41) is 0. The Labute approximate surface area is 132 Å². The molecule has 2 nitrogen and oxygen atoms in total. The Hall–Kier alpha value is -1.21. The SMILES string of the molecule is CCc1ccc(COc2ccc(OC(F)(F)F)c(Br)c2)s1. The van der Waals surface area contributed by atoms with Gasteiger partial charge in [-0.15, -0.1) is 24.5 Å². The summed E-state index contributed by atoms with van der Waals surface area (Å²) in [6.07, 6.45) is -3.74. The summed E-state index contributed by atoms with van der Waals surface area (Å²) >= 11 is 4.70. The lowest BCUT2D eigenvalue weighted by atomic mass is 10.3. The first-order valence-electron chi connectivity index (χ1n) is 6.13. The van der Waals surface area contributed by atoms with Crippen LogP contribution in [0.2, 0.25) is 0 Å². The van der Waals surface area contributed by atoms with Gasteiger partial charge in [0, 0.05) is 9.75 Å². The maximum Gasteiger partial charge on any atom is 0.573 e. The van der Waals surface area contributed by atoms with Crippen LogP contribution < -0.4 is 9.47 Å². The van der Waals surface area contributed by atoms with Gasteiger partial charge in [0.15, 0.2) is 0 Å². The van der Waals surface area contributed by atoms with Gasteiger partial charge in [0.25, 0.3) is 0 Å². The number of aryl methyl sites for hydroxylation is 1. The molecule has 0 radical (unpaired) electrons. The first kappa shape index (κ1) is 16.2. The molecule has 0 unspecified atom stereocenters. The fourth-order valence-corrected chi connectivity index (χ4v) is 2.93. The van der Waals surface area contributed by atoms with E-state index in [1.165, 1.54) is 23.1 Å². The second kappa shape index (κ2) is 6.70. The molecule has 2 aromatic rings. The molecule has 0 saturated heterocycles. The molecule has 0 saturated carbocycles. The van der Waals surface area contributed by atoms with Gasteiger partial charge < -0.3 is 9.47 Å². The maximum atomic E-state index is 12.2. The minimum absolute atomic E-state index is 0.192. The molecule has 0 amide bonds. The Bertz CT molecular complexity index is 611. The normalized spacial score (nSPS) is 11.5. The summed E-state index contributed by atoms with van der Waals surface area (Å²) in [4.78, 5) is 2.34. The van der Waals surface area contributed by atoms with Gasteiger partial charge in [-0.3, -0.25) is 0 Å². The van der Waals surface area contributed by atoms with E-state index < -0.39 is 6.36 Å². The van der Waals surface area contributed by atoms with Gasteiger partial charge in [-0.1, -0.05) is 6.92 Å². The monoisotopic (exact) mass is 380 g/mol. The molecular formula is C14H12BrF3O2S. The third-order valence-corrected chi connectivity index (χ3v) is 4.40. The number of halogens is 4. The Morgan fingerprint density at radius 3 is 2.43 bits per heavy atom. The average Bonchev–Trinajstić information content (AvgIpc) is 2.86. The van der Waals surface area contributed by atoms with Crippen molar-refractivity contribution < 1.29 is 22.6 Å². The van der Waals surface area contributed by atoms with Gasteiger partial charge in [-0.05, 0) is 52.7 Å². The summed E-state index contributed by atoms with van der Waals surface area (Å²) in [6, 6.07) is 8.15. The summed E-state index contributed by atoms with van der Waals surface area (Å²) < 4.78 is 46.1. The summed E-state index contributed by atoms with van der Waals surface area (Å²) in [5.41, 5.74) is 0. The molecule has 21 heavy (non-hydrogen) atoms. The Kier molecular flexibility index (Phi) is 5.16. The fourth-order valence-electron chi connectivity index (χ4n) is 1.62. The average molecular weight is 381 g/mol. The number of benzene rings is 1. The lowest BCUT2D eigenvalue weighted by Gasteiger charge is -2.12. The van der Waals surface area contributed by atoms with E-state index in [1.54, 1.807) is 11.3 Å². The standard InChI is InChI=1S/C14H12BrF3O2S/c1-2-10-4-5-11(21-10)8-19-9-3-6-13(12(15)7-9)20-14(16,17)18/h3-7H,2,8H2,1H3. The van der Waals surface area contributed by atoms with Crippen molar-refractivity contribution >= 4 is 27.3 Å². The molecule has 0 aliphatic heterocycles. The van der Waals surface area contributed by atoms with Crippen LogP contribution >= 0.6 is 27.3 Å². The number of alkyl halides is 3. The van der Waals surface area contributed by atoms with Crippen LogP contribution in [-0.2, 0) is 13.0 Å². The highest BCUT2D eigenvalue weighted by Crippen LogP contribution is 2.33. The zero-order chi connectivity index (χ0) is 15.5. The summed E-state index contributed by atoms with van der Waals surface area (Å²) in [5.74, 6) is 0.182. The van der Waals surface area contributed by atoms with Crippen molar-refractivity contribution in [3.8, 4) is 11.5 Å². The van der Waals surface area contributed by atoms with E-state index >= 15 is 0 Å². The third-order valence-electron chi connectivity index (χ3n) is 2.58. The molecule has 2 rings (SSSR count). The van der Waals surface area contributed by atoms with Crippen molar-refractivity contribution in [3.63, 3.8) is 0 Å². The highest BCUT2D eigenvalue weighted by atomic mass is 79.9. The predicted molar refractivity (Wildman–Crippen MR) is 78.9 cm³/mol. The Balaban J connectivity index is 1.99. The van der Waals surface area contributed by atoms with Gasteiger partial charge >= 0.3 is 6.36 Å². The van der Waals surface area contributed by atoms with E-state index in [2.05, 4.69) is 27.6 Å². The zero-order valence-electron chi connectivity index (χ0n) is 11.0. The van der Waals surface area contributed by atoms with Gasteiger partial charge in [0.1, 0.15) is 18.1 Å². The Morgan fingerprint density at radius 1 is 1.14 bits per heavy atom. The van der Waals surface area contributed by atoms with Gasteiger partial charge in [-0.2, -0.15) is 0 Å². The molecule has 0 aliphatic rings. The predicted octanol–water partition coefficient (Wildman–Crippen LogP) is 5.55. The Morgan fingerprint density at radius 2 is 1.86 bits per heavy atom. The van der Waals surface area contributed by atoms with Gasteiger partial charge in [-0.25, -0.2) is 0 Å². The van der Waals surface area contributed by atoms with Crippen molar-refractivity contribution in [1.29, 1.82) is 0 Å². The molecule has 7 heteroatoms. The number of hydrogen-bond donors (Lipinski definition) is 0. The van der Waals surface area contributed by atoms with E-state index in [-0.39, 0.29) is 10.2 Å². The number of rotatable bonds is 5. The van der Waals surface area contributed by atoms with Crippen molar-refractivity contribution in [2.45, 2.75) is 26.3 Å². The topological polar surface area (TPSA) is 18.5 Å². The molecule has 1 aromatic carbocycles. The van der Waals surface area contributed by atoms with Crippen LogP contribution in [0, 0.1) is 0 Å². The molecule has 0 bridgehead atoms. The smallest absolute Gasteiger partial charge is 0.488 e. The largest absolute Gasteiger partial charge is 0.573 e. The molecule has 0 N–H and O–H groups in total. The quantitative estimate of drug-likeness (QED) is 0.676. The lowest BCUT2D eigenvalue weighted by molar-refractivity contribution is -0.274. The third kappa shape index (κ3) is 4.93.